The molecular formula is C15H23N3O2. The van der Waals surface area contributed by atoms with E-state index >= 15 is 0 Å². The van der Waals surface area contributed by atoms with Crippen LogP contribution in [0.25, 0.3) is 0 Å². The molecule has 0 aromatic heterocycles. The Morgan fingerprint density at radius 3 is 2.65 bits per heavy atom. The smallest absolute Gasteiger partial charge is 0.227 e. The molecule has 1 aromatic carbocycles. The van der Waals surface area contributed by atoms with Gasteiger partial charge < -0.3 is 15.7 Å². The third-order valence-electron chi connectivity index (χ3n) is 3.90. The molecule has 0 aliphatic carbocycles. The molecule has 1 aliphatic heterocycles. The van der Waals surface area contributed by atoms with Crippen molar-refractivity contribution >= 4 is 5.91 Å². The lowest BCUT2D eigenvalue weighted by atomic mass is 10.1. The first-order valence-corrected chi connectivity index (χ1v) is 7.10. The lowest BCUT2D eigenvalue weighted by Crippen LogP contribution is -2.53. The van der Waals surface area contributed by atoms with Crippen LogP contribution >= 0.6 is 0 Å². The minimum absolute atomic E-state index is 0.121. The molecule has 0 spiro atoms. The molecule has 0 radical (unpaired) electrons. The first-order valence-electron chi connectivity index (χ1n) is 7.10. The van der Waals surface area contributed by atoms with Crippen molar-refractivity contribution in [3.63, 3.8) is 0 Å². The fourth-order valence-corrected chi connectivity index (χ4v) is 2.51. The van der Waals surface area contributed by atoms with Crippen molar-refractivity contribution in [2.75, 3.05) is 32.7 Å². The average molecular weight is 277 g/mol. The van der Waals surface area contributed by atoms with E-state index in [1.54, 1.807) is 18.2 Å². The molecule has 3 N–H and O–H groups in total. The van der Waals surface area contributed by atoms with Gasteiger partial charge in [0, 0.05) is 38.8 Å². The number of nitrogens with two attached hydrogens (primary N) is 1. The Kier molecular flexibility index (Phi) is 4.98. The molecule has 110 valence electrons. The van der Waals surface area contributed by atoms with Gasteiger partial charge >= 0.3 is 0 Å². The molecule has 1 aromatic rings. The Morgan fingerprint density at radius 1 is 1.35 bits per heavy atom. The lowest BCUT2D eigenvalue weighted by Gasteiger charge is -2.37. The molecule has 5 nitrogen and oxygen atoms in total. The van der Waals surface area contributed by atoms with Crippen LogP contribution in [0.3, 0.4) is 0 Å². The van der Waals surface area contributed by atoms with E-state index < -0.39 is 0 Å². The molecule has 1 saturated heterocycles. The van der Waals surface area contributed by atoms with Crippen molar-refractivity contribution in [2.45, 2.75) is 19.4 Å². The largest absolute Gasteiger partial charge is 0.508 e. The molecule has 2 rings (SSSR count). The Morgan fingerprint density at radius 2 is 2.05 bits per heavy atom. The van der Waals surface area contributed by atoms with E-state index in [0.717, 1.165) is 31.7 Å². The molecular weight excluding hydrogens is 254 g/mol. The summed E-state index contributed by atoms with van der Waals surface area (Å²) >= 11 is 0. The summed E-state index contributed by atoms with van der Waals surface area (Å²) in [6.07, 6.45) is 0.348. The Bertz CT molecular complexity index is 456. The van der Waals surface area contributed by atoms with Crippen molar-refractivity contribution in [1.29, 1.82) is 0 Å². The predicted octanol–water partition coefficient (Wildman–Crippen LogP) is 0.426. The summed E-state index contributed by atoms with van der Waals surface area (Å²) in [5, 5.41) is 9.42. The number of rotatable bonds is 4. The van der Waals surface area contributed by atoms with E-state index in [-0.39, 0.29) is 11.7 Å². The standard InChI is InChI=1S/C15H23N3O2/c1-12(11-16)17-5-7-18(8-6-17)15(20)10-13-3-2-4-14(19)9-13/h2-4,9,12,19H,5-8,10-11,16H2,1H3. The zero-order valence-electron chi connectivity index (χ0n) is 12.0. The van der Waals surface area contributed by atoms with Crippen LogP contribution in [0.15, 0.2) is 24.3 Å². The van der Waals surface area contributed by atoms with E-state index in [9.17, 15) is 9.90 Å². The number of hydrogen-bond donors (Lipinski definition) is 2. The van der Waals surface area contributed by atoms with Crippen LogP contribution in [-0.2, 0) is 11.2 Å². The molecule has 1 unspecified atom stereocenters. The Labute approximate surface area is 120 Å². The fourth-order valence-electron chi connectivity index (χ4n) is 2.51. The van der Waals surface area contributed by atoms with E-state index in [0.29, 0.717) is 19.0 Å². The van der Waals surface area contributed by atoms with Gasteiger partial charge in [0.05, 0.1) is 6.42 Å². The highest BCUT2D eigenvalue weighted by Crippen LogP contribution is 2.13. The fraction of sp³-hybridized carbons (Fsp3) is 0.533. The van der Waals surface area contributed by atoms with Crippen LogP contribution < -0.4 is 5.73 Å². The van der Waals surface area contributed by atoms with Crippen molar-refractivity contribution in [2.24, 2.45) is 5.73 Å². The number of nitrogens with zero attached hydrogens (tertiary/aromatic N) is 2. The summed E-state index contributed by atoms with van der Waals surface area (Å²) in [6, 6.07) is 7.26. The van der Waals surface area contributed by atoms with Crippen molar-refractivity contribution in [1.82, 2.24) is 9.80 Å². The summed E-state index contributed by atoms with van der Waals surface area (Å²) in [6.45, 7) is 6.03. The molecule has 1 amide bonds. The molecule has 5 heteroatoms. The number of phenolic OH excluding ortho intramolecular Hbond substituents is 1. The van der Waals surface area contributed by atoms with Crippen molar-refractivity contribution in [3.05, 3.63) is 29.8 Å². The topological polar surface area (TPSA) is 69.8 Å². The zero-order valence-corrected chi connectivity index (χ0v) is 12.0. The molecule has 1 fully saturated rings. The van der Waals surface area contributed by atoms with E-state index in [4.69, 9.17) is 5.73 Å². The summed E-state index contributed by atoms with van der Waals surface area (Å²) < 4.78 is 0. The van der Waals surface area contributed by atoms with Gasteiger partial charge in [0.2, 0.25) is 5.91 Å². The first kappa shape index (κ1) is 14.8. The third kappa shape index (κ3) is 3.71. The molecule has 0 bridgehead atoms. The van der Waals surface area contributed by atoms with Gasteiger partial charge in [0.15, 0.2) is 0 Å². The summed E-state index contributed by atoms with van der Waals surface area (Å²) in [4.78, 5) is 16.4. The van der Waals surface area contributed by atoms with Gasteiger partial charge in [-0.05, 0) is 24.6 Å². The number of phenols is 1. The van der Waals surface area contributed by atoms with Crippen molar-refractivity contribution < 1.29 is 9.90 Å². The number of aromatic hydroxyl groups is 1. The summed E-state index contributed by atoms with van der Waals surface area (Å²) in [5.41, 5.74) is 6.52. The molecule has 20 heavy (non-hydrogen) atoms. The number of hydrogen-bond acceptors (Lipinski definition) is 4. The van der Waals surface area contributed by atoms with Gasteiger partial charge in [-0.1, -0.05) is 12.1 Å². The third-order valence-corrected chi connectivity index (χ3v) is 3.90. The highest BCUT2D eigenvalue weighted by molar-refractivity contribution is 5.79. The molecule has 1 aliphatic rings. The maximum atomic E-state index is 12.2. The second-order valence-electron chi connectivity index (χ2n) is 5.35. The van der Waals surface area contributed by atoms with Gasteiger partial charge in [0.25, 0.3) is 0 Å². The quantitative estimate of drug-likeness (QED) is 0.837. The van der Waals surface area contributed by atoms with Crippen LogP contribution in [0.2, 0.25) is 0 Å². The van der Waals surface area contributed by atoms with Crippen LogP contribution in [0.1, 0.15) is 12.5 Å². The van der Waals surface area contributed by atoms with Crippen LogP contribution in [0.5, 0.6) is 5.75 Å². The van der Waals surface area contributed by atoms with E-state index in [1.807, 2.05) is 11.0 Å². The Balaban J connectivity index is 1.86. The number of carbonyl (C=O) groups excluding carboxylic acids is 1. The number of carbonyl (C=O) groups is 1. The normalized spacial score (nSPS) is 18.0. The second-order valence-corrected chi connectivity index (χ2v) is 5.35. The predicted molar refractivity (Wildman–Crippen MR) is 78.5 cm³/mol. The lowest BCUT2D eigenvalue weighted by molar-refractivity contribution is -0.132. The van der Waals surface area contributed by atoms with Crippen LogP contribution in [0, 0.1) is 0 Å². The van der Waals surface area contributed by atoms with Gasteiger partial charge in [-0.25, -0.2) is 0 Å². The minimum atomic E-state index is 0.121. The van der Waals surface area contributed by atoms with Gasteiger partial charge in [-0.15, -0.1) is 0 Å². The number of piperazine rings is 1. The SMILES string of the molecule is CC(CN)N1CCN(C(=O)Cc2cccc(O)c2)CC1. The van der Waals surface area contributed by atoms with Gasteiger partial charge in [0.1, 0.15) is 5.75 Å². The minimum Gasteiger partial charge on any atom is -0.508 e. The summed E-state index contributed by atoms with van der Waals surface area (Å²) in [7, 11) is 0. The van der Waals surface area contributed by atoms with Gasteiger partial charge in [-0.2, -0.15) is 0 Å². The van der Waals surface area contributed by atoms with Crippen LogP contribution in [0.4, 0.5) is 0 Å². The number of benzene rings is 1. The van der Waals surface area contributed by atoms with Gasteiger partial charge in [-0.3, -0.25) is 9.69 Å². The van der Waals surface area contributed by atoms with E-state index in [1.165, 1.54) is 0 Å². The molecule has 1 atom stereocenters. The van der Waals surface area contributed by atoms with E-state index in [2.05, 4.69) is 11.8 Å². The molecule has 0 saturated carbocycles. The molecule has 1 heterocycles. The van der Waals surface area contributed by atoms with Crippen molar-refractivity contribution in [3.8, 4) is 5.75 Å². The highest BCUT2D eigenvalue weighted by atomic mass is 16.3. The average Bonchev–Trinajstić information content (AvgIpc) is 2.46. The summed E-state index contributed by atoms with van der Waals surface area (Å²) in [5.74, 6) is 0.326. The monoisotopic (exact) mass is 277 g/mol. The zero-order chi connectivity index (χ0) is 14.5. The second kappa shape index (κ2) is 6.72. The Hall–Kier alpha value is -1.59. The first-order chi connectivity index (χ1) is 9.60. The maximum Gasteiger partial charge on any atom is 0.227 e. The number of amides is 1. The van der Waals surface area contributed by atoms with Crippen LogP contribution in [-0.4, -0.2) is 59.6 Å². The highest BCUT2D eigenvalue weighted by Gasteiger charge is 2.23. The maximum absolute atomic E-state index is 12.2.